The topological polar surface area (TPSA) is 88.8 Å². The molecule has 0 bridgehead atoms. The van der Waals surface area contributed by atoms with Crippen molar-refractivity contribution < 1.29 is 27.0 Å². The minimum Gasteiger partial charge on any atom is -0.397 e. The van der Waals surface area contributed by atoms with Gasteiger partial charge in [-0.2, -0.15) is 0 Å². The largest absolute Gasteiger partial charge is 0.397 e. The van der Waals surface area contributed by atoms with Crippen molar-refractivity contribution in [3.05, 3.63) is 170 Å². The summed E-state index contributed by atoms with van der Waals surface area (Å²) in [5.74, 6) is -1.54. The SMILES string of the molecule is Cc1c(-c2ccccc2F)nc2cc(F)ccc2c1Cl.Cc1c(-c2ccccc2F)nc2cc(F)ccc2c1Nc1cc(Br)ccc1N1CCOCC1.Nc1cc(Br)ccc1N1CCOCC1. The fourth-order valence-electron chi connectivity index (χ4n) is 8.06. The van der Waals surface area contributed by atoms with Crippen LogP contribution in [0, 0.1) is 37.1 Å². The predicted octanol–water partition coefficient (Wildman–Crippen LogP) is 13.8. The van der Waals surface area contributed by atoms with Crippen LogP contribution >= 0.6 is 43.5 Å². The number of benzene rings is 6. The molecule has 0 saturated carbocycles. The van der Waals surface area contributed by atoms with Gasteiger partial charge in [-0.3, -0.25) is 0 Å². The summed E-state index contributed by atoms with van der Waals surface area (Å²) < 4.78 is 68.8. The lowest BCUT2D eigenvalue weighted by Gasteiger charge is -2.31. The summed E-state index contributed by atoms with van der Waals surface area (Å²) >= 11 is 13.3. The summed E-state index contributed by atoms with van der Waals surface area (Å²) in [5.41, 5.74) is 14.6. The maximum absolute atomic E-state index is 14.7. The third-order valence-corrected chi connectivity index (χ3v) is 12.9. The van der Waals surface area contributed by atoms with Crippen LogP contribution in [0.5, 0.6) is 0 Å². The van der Waals surface area contributed by atoms with Gasteiger partial charge >= 0.3 is 0 Å². The average molecular weight is 1060 g/mol. The summed E-state index contributed by atoms with van der Waals surface area (Å²) in [6.45, 7) is 10.0. The normalized spacial score (nSPS) is 13.7. The zero-order valence-corrected chi connectivity index (χ0v) is 40.5. The van der Waals surface area contributed by atoms with E-state index >= 15 is 0 Å². The number of hydrogen-bond acceptors (Lipinski definition) is 8. The van der Waals surface area contributed by atoms with E-state index in [2.05, 4.69) is 63.0 Å². The highest BCUT2D eigenvalue weighted by molar-refractivity contribution is 9.10. The molecule has 0 spiro atoms. The van der Waals surface area contributed by atoms with Gasteiger partial charge in [0.05, 0.1) is 82.3 Å². The lowest BCUT2D eigenvalue weighted by Crippen LogP contribution is -2.36. The van der Waals surface area contributed by atoms with Crippen molar-refractivity contribution in [2.45, 2.75) is 13.8 Å². The number of morpholine rings is 2. The van der Waals surface area contributed by atoms with E-state index in [1.165, 1.54) is 36.4 Å². The molecule has 3 N–H and O–H groups in total. The predicted molar refractivity (Wildman–Crippen MR) is 271 cm³/mol. The fraction of sp³-hybridized carbons (Fsp3) is 0.192. The zero-order chi connectivity index (χ0) is 47.2. The Balaban J connectivity index is 0.000000151. The average Bonchev–Trinajstić information content (AvgIpc) is 3.32. The van der Waals surface area contributed by atoms with Crippen LogP contribution in [0.25, 0.3) is 44.3 Å². The Labute approximate surface area is 408 Å². The monoisotopic (exact) mass is 1050 g/mol. The molecule has 6 aromatic carbocycles. The molecule has 0 atom stereocenters. The molecule has 2 aliphatic rings. The first kappa shape index (κ1) is 47.7. The molecule has 0 amide bonds. The summed E-state index contributed by atoms with van der Waals surface area (Å²) in [6.07, 6.45) is 0. The quantitative estimate of drug-likeness (QED) is 0.126. The van der Waals surface area contributed by atoms with Gasteiger partial charge in [0.1, 0.15) is 23.3 Å². The number of nitrogens with two attached hydrogens (primary N) is 1. The molecule has 0 unspecified atom stereocenters. The number of aromatic nitrogens is 2. The Kier molecular flexibility index (Phi) is 15.3. The Morgan fingerprint density at radius 1 is 0.582 bits per heavy atom. The van der Waals surface area contributed by atoms with Crippen LogP contribution in [0.1, 0.15) is 11.1 Å². The Hall–Kier alpha value is -5.77. The van der Waals surface area contributed by atoms with Gasteiger partial charge in [-0.25, -0.2) is 27.5 Å². The van der Waals surface area contributed by atoms with Gasteiger partial charge in [-0.15, -0.1) is 0 Å². The molecule has 0 radical (unpaired) electrons. The van der Waals surface area contributed by atoms with Crippen LogP contribution in [0.2, 0.25) is 5.02 Å². The van der Waals surface area contributed by atoms with E-state index in [4.69, 9.17) is 26.8 Å². The standard InChI is InChI=1S/C26H22BrF2N3O.C16H10ClF2N.C10H13BrN2O/c1-16-25(19-4-2-3-5-21(19)29)30-22-15-18(28)7-8-20(22)26(16)31-23-14-17(27)6-9-24(23)32-10-12-33-13-11-32;1-9-15(17)12-7-6-10(18)8-14(12)20-16(9)11-4-2-3-5-13(11)19;11-8-1-2-10(9(12)7-8)13-3-5-14-6-4-13/h2-9,14-15H,10-13H2,1H3,(H,30,31);2-8H,1H3;1-2,7H,3-6,12H2. The number of anilines is 5. The zero-order valence-electron chi connectivity index (χ0n) is 36.5. The summed E-state index contributed by atoms with van der Waals surface area (Å²) in [5, 5.41) is 5.46. The second kappa shape index (κ2) is 21.5. The first-order valence-electron chi connectivity index (χ1n) is 21.5. The highest BCUT2D eigenvalue weighted by Gasteiger charge is 2.21. The van der Waals surface area contributed by atoms with E-state index < -0.39 is 5.82 Å². The molecular formula is C52H45Br2ClF4N6O2. The molecule has 8 nitrogen and oxygen atoms in total. The van der Waals surface area contributed by atoms with Crippen molar-refractivity contribution in [2.24, 2.45) is 0 Å². The van der Waals surface area contributed by atoms with Gasteiger partial charge in [0.25, 0.3) is 0 Å². The summed E-state index contributed by atoms with van der Waals surface area (Å²) in [4.78, 5) is 13.5. The van der Waals surface area contributed by atoms with Crippen LogP contribution in [-0.4, -0.2) is 62.6 Å². The molecule has 2 aliphatic heterocycles. The van der Waals surface area contributed by atoms with Gasteiger partial charge in [0, 0.05) is 69.2 Å². The minimum absolute atomic E-state index is 0.359. The number of halogens is 7. The number of pyridine rings is 2. The summed E-state index contributed by atoms with van der Waals surface area (Å²) in [7, 11) is 0. The van der Waals surface area contributed by atoms with Crippen molar-refractivity contribution in [1.82, 2.24) is 9.97 Å². The van der Waals surface area contributed by atoms with Crippen molar-refractivity contribution in [3.8, 4) is 22.5 Å². The Bertz CT molecular complexity index is 3080. The summed E-state index contributed by atoms with van der Waals surface area (Å²) in [6, 6.07) is 33.6. The van der Waals surface area contributed by atoms with Crippen molar-refractivity contribution in [2.75, 3.05) is 73.5 Å². The molecule has 2 aromatic heterocycles. The maximum Gasteiger partial charge on any atom is 0.132 e. The third kappa shape index (κ3) is 11.0. The lowest BCUT2D eigenvalue weighted by atomic mass is 10.0. The number of nitrogen functional groups attached to an aromatic ring is 1. The Morgan fingerprint density at radius 3 is 1.61 bits per heavy atom. The lowest BCUT2D eigenvalue weighted by molar-refractivity contribution is 0.122. The minimum atomic E-state index is -0.399. The highest BCUT2D eigenvalue weighted by Crippen LogP contribution is 2.40. The van der Waals surface area contributed by atoms with Gasteiger partial charge in [0.2, 0.25) is 0 Å². The number of nitrogens with one attached hydrogen (secondary N) is 1. The van der Waals surface area contributed by atoms with Crippen molar-refractivity contribution in [1.29, 1.82) is 0 Å². The van der Waals surface area contributed by atoms with Crippen LogP contribution < -0.4 is 20.9 Å². The Morgan fingerprint density at radius 2 is 1.06 bits per heavy atom. The molecule has 15 heteroatoms. The van der Waals surface area contributed by atoms with Crippen molar-refractivity contribution in [3.63, 3.8) is 0 Å². The van der Waals surface area contributed by atoms with E-state index in [1.807, 2.05) is 37.3 Å². The number of hydrogen-bond donors (Lipinski definition) is 2. The van der Waals surface area contributed by atoms with Gasteiger partial charge < -0.3 is 30.3 Å². The second-order valence-electron chi connectivity index (χ2n) is 15.8. The van der Waals surface area contributed by atoms with Crippen LogP contribution in [0.15, 0.2) is 130 Å². The van der Waals surface area contributed by atoms with Crippen molar-refractivity contribution >= 4 is 93.7 Å². The molecule has 2 fully saturated rings. The number of ether oxygens (including phenoxy) is 2. The van der Waals surface area contributed by atoms with Gasteiger partial charge in [0.15, 0.2) is 0 Å². The smallest absolute Gasteiger partial charge is 0.132 e. The van der Waals surface area contributed by atoms with Gasteiger partial charge in [-0.05, 0) is 110 Å². The van der Waals surface area contributed by atoms with E-state index in [0.29, 0.717) is 62.7 Å². The molecule has 8 aromatic rings. The second-order valence-corrected chi connectivity index (χ2v) is 18.0. The molecule has 4 heterocycles. The number of nitrogens with zero attached hydrogens (tertiary/aromatic N) is 4. The van der Waals surface area contributed by atoms with Gasteiger partial charge in [-0.1, -0.05) is 67.7 Å². The third-order valence-electron chi connectivity index (χ3n) is 11.5. The van der Waals surface area contributed by atoms with E-state index in [-0.39, 0.29) is 17.5 Å². The molecule has 2 saturated heterocycles. The highest BCUT2D eigenvalue weighted by atomic mass is 79.9. The number of fused-ring (bicyclic) bond motifs is 2. The molecular weight excluding hydrogens is 1010 g/mol. The van der Waals surface area contributed by atoms with E-state index in [9.17, 15) is 17.6 Å². The number of rotatable bonds is 6. The first-order valence-corrected chi connectivity index (χ1v) is 23.4. The molecule has 10 rings (SSSR count). The maximum atomic E-state index is 14.7. The molecule has 67 heavy (non-hydrogen) atoms. The molecule has 344 valence electrons. The van der Waals surface area contributed by atoms with E-state index in [0.717, 1.165) is 87.7 Å². The van der Waals surface area contributed by atoms with Crippen LogP contribution in [-0.2, 0) is 9.47 Å². The van der Waals surface area contributed by atoms with E-state index in [1.54, 1.807) is 55.5 Å². The first-order chi connectivity index (χ1) is 32.4. The van der Waals surface area contributed by atoms with Crippen LogP contribution in [0.3, 0.4) is 0 Å². The molecule has 0 aliphatic carbocycles. The van der Waals surface area contributed by atoms with Crippen LogP contribution in [0.4, 0.5) is 46.0 Å². The fourth-order valence-corrected chi connectivity index (χ4v) is 9.05.